The molecule has 1 aliphatic rings. The highest BCUT2D eigenvalue weighted by Crippen LogP contribution is 2.26. The van der Waals surface area contributed by atoms with Gasteiger partial charge in [0.15, 0.2) is 0 Å². The molecule has 2 amide bonds. The molecule has 0 atom stereocenters. The molecule has 2 aromatic rings. The lowest BCUT2D eigenvalue weighted by molar-refractivity contribution is 0.0942. The molecule has 5 heteroatoms. The molecule has 0 bridgehead atoms. The summed E-state index contributed by atoms with van der Waals surface area (Å²) in [7, 11) is 0. The zero-order valence-corrected chi connectivity index (χ0v) is 14.6. The molecule has 0 spiro atoms. The molecule has 1 heterocycles. The van der Waals surface area contributed by atoms with Crippen LogP contribution in [0.1, 0.15) is 46.5 Å². The summed E-state index contributed by atoms with van der Waals surface area (Å²) >= 11 is 0. The number of rotatable bonds is 4. The molecule has 0 radical (unpaired) electrons. The summed E-state index contributed by atoms with van der Waals surface area (Å²) in [6.07, 6.45) is 1.93. The third-order valence-corrected chi connectivity index (χ3v) is 4.16. The highest BCUT2D eigenvalue weighted by atomic mass is 16.2. The first-order valence-electron chi connectivity index (χ1n) is 8.62. The van der Waals surface area contributed by atoms with Crippen molar-refractivity contribution < 1.29 is 9.59 Å². The molecule has 5 nitrogen and oxygen atoms in total. The van der Waals surface area contributed by atoms with Crippen molar-refractivity contribution in [1.29, 1.82) is 0 Å². The van der Waals surface area contributed by atoms with Crippen molar-refractivity contribution >= 4 is 23.2 Å². The van der Waals surface area contributed by atoms with Crippen LogP contribution in [-0.4, -0.2) is 24.4 Å². The van der Waals surface area contributed by atoms with Gasteiger partial charge < -0.3 is 16.0 Å². The van der Waals surface area contributed by atoms with Gasteiger partial charge in [-0.15, -0.1) is 0 Å². The number of carbonyl (C=O) groups excluding carboxylic acids is 2. The molecule has 130 valence electrons. The van der Waals surface area contributed by atoms with Gasteiger partial charge in [-0.3, -0.25) is 9.59 Å². The van der Waals surface area contributed by atoms with E-state index in [4.69, 9.17) is 0 Å². The smallest absolute Gasteiger partial charge is 0.256 e. The summed E-state index contributed by atoms with van der Waals surface area (Å²) < 4.78 is 0. The molecule has 0 saturated carbocycles. The number of anilines is 2. The Balaban J connectivity index is 1.72. The van der Waals surface area contributed by atoms with Crippen molar-refractivity contribution in [2.24, 2.45) is 0 Å². The topological polar surface area (TPSA) is 70.2 Å². The van der Waals surface area contributed by atoms with E-state index < -0.39 is 0 Å². The summed E-state index contributed by atoms with van der Waals surface area (Å²) in [5.74, 6) is -0.240. The van der Waals surface area contributed by atoms with Crippen LogP contribution in [0.5, 0.6) is 0 Å². The maximum Gasteiger partial charge on any atom is 0.256 e. The zero-order chi connectivity index (χ0) is 17.8. The molecule has 25 heavy (non-hydrogen) atoms. The van der Waals surface area contributed by atoms with E-state index in [0.717, 1.165) is 30.6 Å². The maximum absolute atomic E-state index is 12.6. The molecule has 0 fully saturated rings. The Labute approximate surface area is 147 Å². The third kappa shape index (κ3) is 3.99. The van der Waals surface area contributed by atoms with Crippen molar-refractivity contribution in [3.8, 4) is 0 Å². The van der Waals surface area contributed by atoms with Crippen LogP contribution in [-0.2, 0) is 6.42 Å². The zero-order valence-electron chi connectivity index (χ0n) is 14.6. The summed E-state index contributed by atoms with van der Waals surface area (Å²) in [5.41, 5.74) is 4.06. The van der Waals surface area contributed by atoms with Crippen molar-refractivity contribution in [2.75, 3.05) is 17.2 Å². The van der Waals surface area contributed by atoms with Crippen LogP contribution in [0.4, 0.5) is 11.4 Å². The standard InChI is InChI=1S/C20H23N3O2/c1-13(2)22-19(24)14-8-10-15(11-9-14)23-20(25)17-5-3-7-18-16(17)6-4-12-21-18/h3,5,7-11,13,21H,4,6,12H2,1-2H3,(H,22,24)(H,23,25). The van der Waals surface area contributed by atoms with Crippen molar-refractivity contribution in [2.45, 2.75) is 32.7 Å². The summed E-state index contributed by atoms with van der Waals surface area (Å²) in [5, 5.41) is 9.10. The van der Waals surface area contributed by atoms with Gasteiger partial charge in [0.25, 0.3) is 11.8 Å². The number of carbonyl (C=O) groups is 2. The Morgan fingerprint density at radius 2 is 1.80 bits per heavy atom. The predicted octanol–water partition coefficient (Wildman–Crippen LogP) is 3.44. The minimum absolute atomic E-state index is 0.0877. The molecular formula is C20H23N3O2. The van der Waals surface area contributed by atoms with Crippen LogP contribution in [0.2, 0.25) is 0 Å². The Morgan fingerprint density at radius 3 is 2.52 bits per heavy atom. The largest absolute Gasteiger partial charge is 0.385 e. The van der Waals surface area contributed by atoms with Crippen LogP contribution in [0.15, 0.2) is 42.5 Å². The molecule has 0 aromatic heterocycles. The van der Waals surface area contributed by atoms with E-state index in [0.29, 0.717) is 16.8 Å². The number of hydrogen-bond donors (Lipinski definition) is 3. The van der Waals surface area contributed by atoms with Crippen LogP contribution in [0.3, 0.4) is 0 Å². The van der Waals surface area contributed by atoms with Crippen LogP contribution >= 0.6 is 0 Å². The van der Waals surface area contributed by atoms with Gasteiger partial charge in [-0.1, -0.05) is 6.07 Å². The summed E-state index contributed by atoms with van der Waals surface area (Å²) in [4.78, 5) is 24.6. The van der Waals surface area contributed by atoms with Gasteiger partial charge in [0.2, 0.25) is 0 Å². The van der Waals surface area contributed by atoms with Crippen molar-refractivity contribution in [1.82, 2.24) is 5.32 Å². The molecule has 3 N–H and O–H groups in total. The number of nitrogens with one attached hydrogen (secondary N) is 3. The van der Waals surface area contributed by atoms with E-state index in [1.165, 1.54) is 0 Å². The Kier molecular flexibility index (Phi) is 5.03. The lowest BCUT2D eigenvalue weighted by Crippen LogP contribution is -2.30. The highest BCUT2D eigenvalue weighted by molar-refractivity contribution is 6.06. The van der Waals surface area contributed by atoms with Crippen LogP contribution in [0, 0.1) is 0 Å². The summed E-state index contributed by atoms with van der Waals surface area (Å²) in [6, 6.07) is 12.8. The number of amides is 2. The molecule has 0 unspecified atom stereocenters. The highest BCUT2D eigenvalue weighted by Gasteiger charge is 2.17. The van der Waals surface area contributed by atoms with Gasteiger partial charge in [-0.25, -0.2) is 0 Å². The van der Waals surface area contributed by atoms with E-state index in [1.807, 2.05) is 32.0 Å². The first-order chi connectivity index (χ1) is 12.0. The normalized spacial score (nSPS) is 12.9. The SMILES string of the molecule is CC(C)NC(=O)c1ccc(NC(=O)c2cccc3c2CCCN3)cc1. The van der Waals surface area contributed by atoms with Crippen molar-refractivity contribution in [3.05, 3.63) is 59.2 Å². The fraction of sp³-hybridized carbons (Fsp3) is 0.300. The maximum atomic E-state index is 12.6. The van der Waals surface area contributed by atoms with E-state index in [1.54, 1.807) is 24.3 Å². The molecule has 0 saturated heterocycles. The summed E-state index contributed by atoms with van der Waals surface area (Å²) in [6.45, 7) is 4.78. The van der Waals surface area contributed by atoms with Gasteiger partial charge >= 0.3 is 0 Å². The first kappa shape index (κ1) is 17.0. The quantitative estimate of drug-likeness (QED) is 0.800. The first-order valence-corrected chi connectivity index (χ1v) is 8.62. The minimum Gasteiger partial charge on any atom is -0.385 e. The molecule has 2 aromatic carbocycles. The van der Waals surface area contributed by atoms with Gasteiger partial charge in [-0.05, 0) is 68.7 Å². The van der Waals surface area contributed by atoms with Crippen molar-refractivity contribution in [3.63, 3.8) is 0 Å². The Morgan fingerprint density at radius 1 is 1.04 bits per heavy atom. The second-order valence-corrected chi connectivity index (χ2v) is 6.52. The van der Waals surface area contributed by atoms with E-state index in [-0.39, 0.29) is 17.9 Å². The minimum atomic E-state index is -0.125. The average molecular weight is 337 g/mol. The Bertz CT molecular complexity index is 782. The van der Waals surface area contributed by atoms with Crippen LogP contribution < -0.4 is 16.0 Å². The van der Waals surface area contributed by atoms with Crippen LogP contribution in [0.25, 0.3) is 0 Å². The molecule has 1 aliphatic heterocycles. The fourth-order valence-electron chi connectivity index (χ4n) is 2.97. The van der Waals surface area contributed by atoms with Gasteiger partial charge in [-0.2, -0.15) is 0 Å². The predicted molar refractivity (Wildman–Crippen MR) is 100 cm³/mol. The van der Waals surface area contributed by atoms with E-state index in [9.17, 15) is 9.59 Å². The molecule has 0 aliphatic carbocycles. The number of fused-ring (bicyclic) bond motifs is 1. The van der Waals surface area contributed by atoms with Gasteiger partial charge in [0.05, 0.1) is 0 Å². The number of hydrogen-bond acceptors (Lipinski definition) is 3. The lowest BCUT2D eigenvalue weighted by Gasteiger charge is -2.20. The number of benzene rings is 2. The third-order valence-electron chi connectivity index (χ3n) is 4.16. The van der Waals surface area contributed by atoms with Gasteiger partial charge in [0, 0.05) is 35.1 Å². The molecular weight excluding hydrogens is 314 g/mol. The molecule has 3 rings (SSSR count). The monoisotopic (exact) mass is 337 g/mol. The lowest BCUT2D eigenvalue weighted by atomic mass is 9.97. The van der Waals surface area contributed by atoms with Gasteiger partial charge in [0.1, 0.15) is 0 Å². The second-order valence-electron chi connectivity index (χ2n) is 6.52. The Hall–Kier alpha value is -2.82. The fourth-order valence-corrected chi connectivity index (χ4v) is 2.97. The van der Waals surface area contributed by atoms with E-state index >= 15 is 0 Å². The van der Waals surface area contributed by atoms with E-state index in [2.05, 4.69) is 16.0 Å². The average Bonchev–Trinajstić information content (AvgIpc) is 2.61. The second kappa shape index (κ2) is 7.38.